The van der Waals surface area contributed by atoms with E-state index in [0.717, 1.165) is 34.2 Å². The second-order valence-corrected chi connectivity index (χ2v) is 6.64. The summed E-state index contributed by atoms with van der Waals surface area (Å²) in [6, 6.07) is 11.7. The molecular formula is C23H15F2N3O2. The molecule has 4 aromatic rings. The summed E-state index contributed by atoms with van der Waals surface area (Å²) in [7, 11) is 0. The first-order valence-corrected chi connectivity index (χ1v) is 8.97. The van der Waals surface area contributed by atoms with E-state index >= 15 is 0 Å². The number of nitrogens with one attached hydrogen (secondary N) is 1. The van der Waals surface area contributed by atoms with Crippen LogP contribution in [0, 0.1) is 11.6 Å². The molecular weight excluding hydrogens is 388 g/mol. The number of fused-ring (bicyclic) bond motifs is 1. The SMILES string of the molecule is NC(=O)/C=C/c1c[nH]c2ncc(-c3ccc(C(=O)c4ccc(F)c(F)c4)cc3)cc12. The molecule has 3 N–H and O–H groups in total. The Balaban J connectivity index is 1.64. The number of ketones is 1. The van der Waals surface area contributed by atoms with E-state index in [2.05, 4.69) is 9.97 Å². The van der Waals surface area contributed by atoms with Crippen molar-refractivity contribution >= 4 is 28.8 Å². The average molecular weight is 403 g/mol. The Morgan fingerprint density at radius 3 is 2.37 bits per heavy atom. The third kappa shape index (κ3) is 3.73. The molecule has 0 aliphatic rings. The molecule has 0 aliphatic heterocycles. The normalized spacial score (nSPS) is 11.3. The summed E-state index contributed by atoms with van der Waals surface area (Å²) in [4.78, 5) is 30.9. The van der Waals surface area contributed by atoms with Crippen LogP contribution < -0.4 is 5.73 Å². The van der Waals surface area contributed by atoms with E-state index in [4.69, 9.17) is 5.73 Å². The summed E-state index contributed by atoms with van der Waals surface area (Å²) in [5.74, 6) is -3.02. The van der Waals surface area contributed by atoms with Gasteiger partial charge in [0.25, 0.3) is 0 Å². The first-order valence-electron chi connectivity index (χ1n) is 8.97. The highest BCUT2D eigenvalue weighted by Gasteiger charge is 2.13. The largest absolute Gasteiger partial charge is 0.366 e. The molecule has 0 unspecified atom stereocenters. The molecule has 0 bridgehead atoms. The molecule has 0 saturated heterocycles. The summed E-state index contributed by atoms with van der Waals surface area (Å²) < 4.78 is 26.5. The lowest BCUT2D eigenvalue weighted by Crippen LogP contribution is -2.04. The van der Waals surface area contributed by atoms with Crippen LogP contribution in [0.5, 0.6) is 0 Å². The quantitative estimate of drug-likeness (QED) is 0.386. The number of benzene rings is 2. The number of aromatic nitrogens is 2. The van der Waals surface area contributed by atoms with Gasteiger partial charge in [0, 0.05) is 46.1 Å². The monoisotopic (exact) mass is 403 g/mol. The van der Waals surface area contributed by atoms with E-state index in [0.29, 0.717) is 11.2 Å². The summed E-state index contributed by atoms with van der Waals surface area (Å²) in [6.45, 7) is 0. The molecule has 148 valence electrons. The molecule has 0 aliphatic carbocycles. The third-order valence-corrected chi connectivity index (χ3v) is 4.65. The van der Waals surface area contributed by atoms with Crippen molar-refractivity contribution in [1.29, 1.82) is 0 Å². The number of carbonyl (C=O) groups is 2. The van der Waals surface area contributed by atoms with Gasteiger partial charge >= 0.3 is 0 Å². The fourth-order valence-electron chi connectivity index (χ4n) is 3.11. The van der Waals surface area contributed by atoms with Crippen LogP contribution in [0.4, 0.5) is 8.78 Å². The third-order valence-electron chi connectivity index (χ3n) is 4.65. The number of nitrogens with zero attached hydrogens (tertiary/aromatic N) is 1. The molecule has 4 rings (SSSR count). The lowest BCUT2D eigenvalue weighted by molar-refractivity contribution is -0.113. The van der Waals surface area contributed by atoms with Gasteiger partial charge in [-0.15, -0.1) is 0 Å². The molecule has 2 aromatic heterocycles. The van der Waals surface area contributed by atoms with Crippen LogP contribution in [-0.2, 0) is 4.79 Å². The highest BCUT2D eigenvalue weighted by Crippen LogP contribution is 2.26. The minimum absolute atomic E-state index is 0.0722. The van der Waals surface area contributed by atoms with Gasteiger partial charge in [0.05, 0.1) is 0 Å². The first-order chi connectivity index (χ1) is 14.4. The van der Waals surface area contributed by atoms with Crippen molar-refractivity contribution in [1.82, 2.24) is 9.97 Å². The van der Waals surface area contributed by atoms with E-state index < -0.39 is 23.3 Å². The smallest absolute Gasteiger partial charge is 0.241 e. The number of H-pyrrole nitrogens is 1. The maximum atomic E-state index is 13.4. The Bertz CT molecular complexity index is 1310. The number of nitrogens with two attached hydrogens (primary N) is 1. The van der Waals surface area contributed by atoms with Crippen molar-refractivity contribution in [2.75, 3.05) is 0 Å². The van der Waals surface area contributed by atoms with Gasteiger partial charge in [0.15, 0.2) is 17.4 Å². The number of rotatable bonds is 5. The standard InChI is InChI=1S/C23H15F2N3O2/c24-19-7-5-15(10-20(19)25)22(30)14-3-1-13(2-4-14)17-9-18-16(6-8-21(26)29)11-27-23(18)28-12-17/h1-12H,(H2,26,29)(H,27,28)/b8-6+. The number of hydrogen-bond donors (Lipinski definition) is 2. The van der Waals surface area contributed by atoms with Crippen LogP contribution in [0.2, 0.25) is 0 Å². The molecule has 30 heavy (non-hydrogen) atoms. The van der Waals surface area contributed by atoms with Crippen molar-refractivity contribution in [3.63, 3.8) is 0 Å². The Labute approximate surface area is 169 Å². The van der Waals surface area contributed by atoms with Crippen molar-refractivity contribution in [2.45, 2.75) is 0 Å². The minimum Gasteiger partial charge on any atom is -0.366 e. The summed E-state index contributed by atoms with van der Waals surface area (Å²) >= 11 is 0. The van der Waals surface area contributed by atoms with Crippen LogP contribution in [-0.4, -0.2) is 21.7 Å². The zero-order valence-electron chi connectivity index (χ0n) is 15.5. The van der Waals surface area contributed by atoms with Gasteiger partial charge in [-0.05, 0) is 35.9 Å². The molecule has 1 amide bonds. The Morgan fingerprint density at radius 2 is 1.67 bits per heavy atom. The number of pyridine rings is 1. The van der Waals surface area contributed by atoms with Gasteiger partial charge in [-0.1, -0.05) is 24.3 Å². The minimum atomic E-state index is -1.07. The molecule has 0 spiro atoms. The molecule has 2 aromatic carbocycles. The van der Waals surface area contributed by atoms with Gasteiger partial charge in [-0.2, -0.15) is 0 Å². The lowest BCUT2D eigenvalue weighted by Gasteiger charge is -2.05. The highest BCUT2D eigenvalue weighted by molar-refractivity contribution is 6.09. The van der Waals surface area contributed by atoms with Crippen LogP contribution in [0.25, 0.3) is 28.2 Å². The Kier molecular flexibility index (Phi) is 4.93. The van der Waals surface area contributed by atoms with Gasteiger partial charge < -0.3 is 10.7 Å². The van der Waals surface area contributed by atoms with Crippen molar-refractivity contribution < 1.29 is 18.4 Å². The van der Waals surface area contributed by atoms with E-state index in [1.165, 1.54) is 12.1 Å². The van der Waals surface area contributed by atoms with Gasteiger partial charge in [-0.25, -0.2) is 13.8 Å². The number of carbonyl (C=O) groups excluding carboxylic acids is 2. The predicted molar refractivity (Wildman–Crippen MR) is 110 cm³/mol. The van der Waals surface area contributed by atoms with Crippen molar-refractivity contribution in [2.24, 2.45) is 5.73 Å². The maximum Gasteiger partial charge on any atom is 0.241 e. The fraction of sp³-hybridized carbons (Fsp3) is 0. The highest BCUT2D eigenvalue weighted by atomic mass is 19.2. The van der Waals surface area contributed by atoms with Crippen molar-refractivity contribution in [3.05, 3.63) is 95.3 Å². The van der Waals surface area contributed by atoms with Crippen LogP contribution in [0.15, 0.2) is 67.0 Å². The van der Waals surface area contributed by atoms with E-state index in [1.54, 1.807) is 42.7 Å². The first kappa shape index (κ1) is 19.2. The van der Waals surface area contributed by atoms with Crippen molar-refractivity contribution in [3.8, 4) is 11.1 Å². The summed E-state index contributed by atoms with van der Waals surface area (Å²) in [5.41, 5.74) is 8.63. The van der Waals surface area contributed by atoms with Gasteiger partial charge in [0.2, 0.25) is 5.91 Å². The molecule has 0 fully saturated rings. The molecule has 0 radical (unpaired) electrons. The number of primary amides is 1. The average Bonchev–Trinajstić information content (AvgIpc) is 3.16. The predicted octanol–water partition coefficient (Wildman–Crippen LogP) is 4.24. The van der Waals surface area contributed by atoms with Gasteiger partial charge in [-0.3, -0.25) is 9.59 Å². The van der Waals surface area contributed by atoms with Gasteiger partial charge in [0.1, 0.15) is 5.65 Å². The van der Waals surface area contributed by atoms with E-state index in [9.17, 15) is 18.4 Å². The Hall–Kier alpha value is -4.13. The topological polar surface area (TPSA) is 88.8 Å². The van der Waals surface area contributed by atoms with Crippen LogP contribution >= 0.6 is 0 Å². The second kappa shape index (κ2) is 7.71. The number of aromatic amines is 1. The molecule has 5 nitrogen and oxygen atoms in total. The van der Waals surface area contributed by atoms with E-state index in [1.807, 2.05) is 6.07 Å². The van der Waals surface area contributed by atoms with Crippen LogP contribution in [0.1, 0.15) is 21.5 Å². The summed E-state index contributed by atoms with van der Waals surface area (Å²) in [6.07, 6.45) is 6.29. The molecule has 0 atom stereocenters. The zero-order valence-corrected chi connectivity index (χ0v) is 15.5. The lowest BCUT2D eigenvalue weighted by atomic mass is 9.99. The molecule has 0 saturated carbocycles. The Morgan fingerprint density at radius 1 is 0.933 bits per heavy atom. The summed E-state index contributed by atoms with van der Waals surface area (Å²) in [5, 5.41) is 0.812. The zero-order chi connectivity index (χ0) is 21.3. The second-order valence-electron chi connectivity index (χ2n) is 6.64. The van der Waals surface area contributed by atoms with Crippen LogP contribution in [0.3, 0.4) is 0 Å². The number of halogens is 2. The molecule has 2 heterocycles. The maximum absolute atomic E-state index is 13.4. The van der Waals surface area contributed by atoms with E-state index in [-0.39, 0.29) is 5.56 Å². The number of amides is 1. The molecule has 7 heteroatoms. The fourth-order valence-corrected chi connectivity index (χ4v) is 3.11. The number of hydrogen-bond acceptors (Lipinski definition) is 3.